The first kappa shape index (κ1) is 36.8. The van der Waals surface area contributed by atoms with Gasteiger partial charge in [0.25, 0.3) is 0 Å². The predicted octanol–water partition coefficient (Wildman–Crippen LogP) is 13.6. The highest BCUT2D eigenvalue weighted by Gasteiger charge is 2.22. The summed E-state index contributed by atoms with van der Waals surface area (Å²) in [4.78, 5) is 0. The van der Waals surface area contributed by atoms with Crippen LogP contribution in [0.2, 0.25) is 0 Å². The van der Waals surface area contributed by atoms with Gasteiger partial charge in [-0.1, -0.05) is 192 Å². The fourth-order valence-electron chi connectivity index (χ4n) is 6.20. The average molecular weight is 619 g/mol. The molecule has 5 rings (SSSR count). The molecule has 0 heterocycles. The molecule has 1 atom stereocenters. The van der Waals surface area contributed by atoms with E-state index in [1.165, 1.54) is 55.6 Å². The van der Waals surface area contributed by atoms with E-state index in [1.54, 1.807) is 0 Å². The van der Waals surface area contributed by atoms with Crippen molar-refractivity contribution in [2.75, 3.05) is 0 Å². The van der Waals surface area contributed by atoms with Gasteiger partial charge in [0.15, 0.2) is 0 Å². The van der Waals surface area contributed by atoms with Gasteiger partial charge in [0, 0.05) is 11.8 Å². The molecular weight excluding hydrogens is 565 g/mol. The predicted molar refractivity (Wildman–Crippen MR) is 208 cm³/mol. The van der Waals surface area contributed by atoms with Crippen LogP contribution in [0.4, 0.5) is 0 Å². The van der Waals surface area contributed by atoms with Crippen molar-refractivity contribution in [1.82, 2.24) is 0 Å². The molecule has 242 valence electrons. The maximum atomic E-state index is 3.87. The Morgan fingerprint density at radius 3 is 1.66 bits per heavy atom. The zero-order valence-corrected chi connectivity index (χ0v) is 29.7. The van der Waals surface area contributed by atoms with Crippen LogP contribution in [0, 0.1) is 13.8 Å². The van der Waals surface area contributed by atoms with Gasteiger partial charge in [-0.3, -0.25) is 0 Å². The van der Waals surface area contributed by atoms with Crippen molar-refractivity contribution in [3.8, 4) is 11.1 Å². The van der Waals surface area contributed by atoms with E-state index in [0.717, 1.165) is 12.8 Å². The van der Waals surface area contributed by atoms with Crippen molar-refractivity contribution < 1.29 is 0 Å². The molecule has 0 heteroatoms. The minimum atomic E-state index is 0.162. The van der Waals surface area contributed by atoms with Crippen LogP contribution >= 0.6 is 0 Å². The van der Waals surface area contributed by atoms with E-state index in [4.69, 9.17) is 0 Å². The summed E-state index contributed by atoms with van der Waals surface area (Å²) >= 11 is 0. The third kappa shape index (κ3) is 10.2. The minimum Gasteiger partial charge on any atom is -0.0991 e. The Balaban J connectivity index is 0.000000295. The van der Waals surface area contributed by atoms with E-state index >= 15 is 0 Å². The summed E-state index contributed by atoms with van der Waals surface area (Å²) in [5.41, 5.74) is 13.3. The molecule has 0 N–H and O–H groups in total. The molecule has 0 nitrogen and oxygen atoms in total. The molecule has 0 aromatic heterocycles. The lowest BCUT2D eigenvalue weighted by atomic mass is 9.79. The highest BCUT2D eigenvalue weighted by Crippen LogP contribution is 2.40. The molecule has 0 fully saturated rings. The van der Waals surface area contributed by atoms with Crippen molar-refractivity contribution in [1.29, 1.82) is 0 Å². The van der Waals surface area contributed by atoms with Crippen molar-refractivity contribution in [3.05, 3.63) is 203 Å². The van der Waals surface area contributed by atoms with Gasteiger partial charge in [0.1, 0.15) is 0 Å². The minimum absolute atomic E-state index is 0.162. The van der Waals surface area contributed by atoms with Gasteiger partial charge in [0.2, 0.25) is 0 Å². The van der Waals surface area contributed by atoms with Crippen LogP contribution in [-0.2, 0) is 6.42 Å². The van der Waals surface area contributed by atoms with E-state index in [0.29, 0.717) is 5.92 Å². The maximum Gasteiger partial charge on any atom is 0.0342 e. The normalized spacial score (nSPS) is 11.7. The molecule has 1 unspecified atom stereocenters. The topological polar surface area (TPSA) is 0 Å². The SMILES string of the molecule is C=C/C=C\C(=C/C)C(c1ccccc1)c1cc(CC)ccc1-c1ccc(C)cc1C.CC.CCC(c1ccccc1)c1ccccc1. The highest BCUT2D eigenvalue weighted by atomic mass is 14.3. The lowest BCUT2D eigenvalue weighted by Gasteiger charge is -2.24. The van der Waals surface area contributed by atoms with Gasteiger partial charge >= 0.3 is 0 Å². The molecule has 0 aliphatic carbocycles. The second-order valence-electron chi connectivity index (χ2n) is 11.6. The number of allylic oxidation sites excluding steroid dienone is 5. The van der Waals surface area contributed by atoms with Crippen molar-refractivity contribution >= 4 is 0 Å². The summed E-state index contributed by atoms with van der Waals surface area (Å²) in [6.07, 6.45) is 10.5. The Morgan fingerprint density at radius 1 is 0.660 bits per heavy atom. The molecule has 47 heavy (non-hydrogen) atoms. The van der Waals surface area contributed by atoms with Gasteiger partial charge in [-0.2, -0.15) is 0 Å². The van der Waals surface area contributed by atoms with Gasteiger partial charge in [-0.25, -0.2) is 0 Å². The van der Waals surface area contributed by atoms with Crippen molar-refractivity contribution in [2.45, 2.75) is 73.1 Å². The summed E-state index contributed by atoms with van der Waals surface area (Å²) in [5, 5.41) is 0. The fourth-order valence-corrected chi connectivity index (χ4v) is 6.20. The number of hydrogen-bond acceptors (Lipinski definition) is 0. The lowest BCUT2D eigenvalue weighted by molar-refractivity contribution is 0.777. The summed E-state index contributed by atoms with van der Waals surface area (Å²) in [7, 11) is 0. The summed E-state index contributed by atoms with van der Waals surface area (Å²) in [6.45, 7) is 18.8. The van der Waals surface area contributed by atoms with Gasteiger partial charge in [0.05, 0.1) is 0 Å². The first-order chi connectivity index (χ1) is 23.0. The van der Waals surface area contributed by atoms with Gasteiger partial charge in [-0.05, 0) is 83.7 Å². The molecule has 5 aromatic rings. The number of benzene rings is 5. The molecule has 0 aliphatic heterocycles. The highest BCUT2D eigenvalue weighted by molar-refractivity contribution is 5.74. The zero-order chi connectivity index (χ0) is 34.0. The number of aryl methyl sites for hydroxylation is 3. The van der Waals surface area contributed by atoms with Crippen LogP contribution < -0.4 is 0 Å². The van der Waals surface area contributed by atoms with E-state index in [-0.39, 0.29) is 5.92 Å². The van der Waals surface area contributed by atoms with Gasteiger partial charge in [-0.15, -0.1) is 0 Å². The Hall–Kier alpha value is -4.68. The molecule has 0 saturated carbocycles. The second-order valence-corrected chi connectivity index (χ2v) is 11.6. The number of rotatable bonds is 10. The molecule has 5 aromatic carbocycles. The summed E-state index contributed by atoms with van der Waals surface area (Å²) in [6, 6.07) is 46.0. The van der Waals surface area contributed by atoms with Crippen LogP contribution in [0.3, 0.4) is 0 Å². The third-order valence-electron chi connectivity index (χ3n) is 8.54. The summed E-state index contributed by atoms with van der Waals surface area (Å²) < 4.78 is 0. The van der Waals surface area contributed by atoms with E-state index in [9.17, 15) is 0 Å². The van der Waals surface area contributed by atoms with Gasteiger partial charge < -0.3 is 0 Å². The Kier molecular flexibility index (Phi) is 15.5. The molecule has 0 aliphatic rings. The van der Waals surface area contributed by atoms with E-state index < -0.39 is 0 Å². The maximum absolute atomic E-state index is 3.87. The van der Waals surface area contributed by atoms with Crippen LogP contribution in [0.5, 0.6) is 0 Å². The molecule has 0 radical (unpaired) electrons. The zero-order valence-electron chi connectivity index (χ0n) is 29.7. The largest absolute Gasteiger partial charge is 0.0991 e. The van der Waals surface area contributed by atoms with Crippen molar-refractivity contribution in [2.24, 2.45) is 0 Å². The monoisotopic (exact) mass is 618 g/mol. The van der Waals surface area contributed by atoms with Crippen LogP contribution in [0.1, 0.15) is 91.8 Å². The Bertz CT molecular complexity index is 1650. The quantitative estimate of drug-likeness (QED) is 0.137. The lowest BCUT2D eigenvalue weighted by Crippen LogP contribution is -2.07. The standard InChI is InChI=1S/C30H32.C15H16.C2H6/c1-6-9-13-25(8-3)30(26-14-11-10-12-15-26)29-21-24(7-2)17-19-28(29)27-18-16-22(4)20-23(27)5;1-2-15(13-9-5-3-6-10-13)14-11-7-4-8-12-14;1-2/h6,8-21,30H,1,7H2,2-5H3;3-12,15H,2H2,1H3;1-2H3/b13-9-,25-8+;;. The van der Waals surface area contributed by atoms with E-state index in [2.05, 4.69) is 181 Å². The van der Waals surface area contributed by atoms with E-state index in [1.807, 2.05) is 26.0 Å². The first-order valence-corrected chi connectivity index (χ1v) is 17.3. The summed E-state index contributed by atoms with van der Waals surface area (Å²) in [5.74, 6) is 0.696. The Labute approximate surface area is 286 Å². The fraction of sp³-hybridized carbons (Fsp3) is 0.234. The van der Waals surface area contributed by atoms with Crippen molar-refractivity contribution in [3.63, 3.8) is 0 Å². The van der Waals surface area contributed by atoms with Crippen LogP contribution in [0.15, 0.2) is 164 Å². The third-order valence-corrected chi connectivity index (χ3v) is 8.54. The molecule has 0 spiro atoms. The molecule has 0 amide bonds. The van der Waals surface area contributed by atoms with Crippen LogP contribution in [0.25, 0.3) is 11.1 Å². The molecule has 0 saturated heterocycles. The molecule has 0 bridgehead atoms. The first-order valence-electron chi connectivity index (χ1n) is 17.3. The average Bonchev–Trinajstić information content (AvgIpc) is 3.13. The molecular formula is C47H54. The second kappa shape index (κ2) is 19.7. The van der Waals surface area contributed by atoms with Crippen LogP contribution in [-0.4, -0.2) is 0 Å². The Morgan fingerprint density at radius 2 is 1.19 bits per heavy atom. The smallest absolute Gasteiger partial charge is 0.0342 e. The number of hydrogen-bond donors (Lipinski definition) is 0.